The molecular weight excluding hydrogens is 370 g/mol. The topological polar surface area (TPSA) is 107 Å². The van der Waals surface area contributed by atoms with Crippen molar-refractivity contribution in [2.24, 2.45) is 0 Å². The molecule has 0 saturated heterocycles. The Hall–Kier alpha value is -3.29. The Bertz CT molecular complexity index is 1120. The highest BCUT2D eigenvalue weighted by Crippen LogP contribution is 2.40. The van der Waals surface area contributed by atoms with E-state index in [2.05, 4.69) is 15.6 Å². The van der Waals surface area contributed by atoms with Crippen LogP contribution in [-0.2, 0) is 4.79 Å². The van der Waals surface area contributed by atoms with Gasteiger partial charge in [0.25, 0.3) is 5.91 Å². The summed E-state index contributed by atoms with van der Waals surface area (Å²) in [6.45, 7) is 1.84. The van der Waals surface area contributed by atoms with Gasteiger partial charge in [-0.25, -0.2) is 0 Å². The van der Waals surface area contributed by atoms with E-state index in [4.69, 9.17) is 9.84 Å². The molecule has 7 nitrogen and oxygen atoms in total. The standard InChI is InChI=1S/C22H23N3O4/c1-12(18-10-24-19-6-4-15(29-2)8-16(18)19)21-17-7-13(23-9-14(27)11-26)3-5-20(17)25-22(21)28/h3-8,10,14,23-24,26-27H,9,11H2,1-2H3,(H,25,28). The summed E-state index contributed by atoms with van der Waals surface area (Å²) in [5, 5.41) is 25.5. The lowest BCUT2D eigenvalue weighted by Crippen LogP contribution is -2.22. The number of H-pyrrole nitrogens is 1. The Labute approximate surface area is 168 Å². The number of allylic oxidation sites excluding steroid dienone is 1. The molecule has 0 bridgehead atoms. The molecule has 1 aliphatic heterocycles. The maximum Gasteiger partial charge on any atom is 0.256 e. The summed E-state index contributed by atoms with van der Waals surface area (Å²) in [5.41, 5.74) is 5.67. The number of benzene rings is 2. The lowest BCUT2D eigenvalue weighted by molar-refractivity contribution is -0.110. The minimum atomic E-state index is -0.846. The molecule has 0 radical (unpaired) electrons. The average molecular weight is 393 g/mol. The fourth-order valence-electron chi connectivity index (χ4n) is 3.62. The minimum absolute atomic E-state index is 0.151. The van der Waals surface area contributed by atoms with E-state index < -0.39 is 6.10 Å². The van der Waals surface area contributed by atoms with Crippen LogP contribution in [0.1, 0.15) is 18.1 Å². The molecule has 3 aromatic rings. The number of rotatable bonds is 6. The van der Waals surface area contributed by atoms with E-state index in [-0.39, 0.29) is 19.1 Å². The number of hydrogen-bond acceptors (Lipinski definition) is 5. The molecule has 2 heterocycles. The summed E-state index contributed by atoms with van der Waals surface area (Å²) in [7, 11) is 1.63. The number of aliphatic hydroxyl groups is 2. The van der Waals surface area contributed by atoms with Crippen molar-refractivity contribution in [3.05, 3.63) is 53.7 Å². The van der Waals surface area contributed by atoms with E-state index in [0.29, 0.717) is 5.57 Å². The molecule has 1 aliphatic rings. The Kier molecular flexibility index (Phi) is 5.00. The van der Waals surface area contributed by atoms with Gasteiger partial charge in [0, 0.05) is 46.1 Å². The number of aromatic nitrogens is 1. The maximum atomic E-state index is 12.8. The van der Waals surface area contributed by atoms with Gasteiger partial charge in [0.05, 0.1) is 25.4 Å². The Balaban J connectivity index is 1.77. The molecule has 0 fully saturated rings. The van der Waals surface area contributed by atoms with E-state index in [0.717, 1.165) is 44.7 Å². The quantitative estimate of drug-likeness (QED) is 0.414. The second-order valence-electron chi connectivity index (χ2n) is 7.05. The van der Waals surface area contributed by atoms with E-state index in [1.165, 1.54) is 0 Å². The fraction of sp³-hybridized carbons (Fsp3) is 0.227. The highest BCUT2D eigenvalue weighted by molar-refractivity contribution is 6.37. The summed E-state index contributed by atoms with van der Waals surface area (Å²) < 4.78 is 5.34. The second kappa shape index (κ2) is 7.62. The predicted octanol–water partition coefficient (Wildman–Crippen LogP) is 2.82. The second-order valence-corrected chi connectivity index (χ2v) is 7.05. The number of carbonyl (C=O) groups is 1. The predicted molar refractivity (Wildman–Crippen MR) is 114 cm³/mol. The number of aliphatic hydroxyl groups excluding tert-OH is 2. The van der Waals surface area contributed by atoms with Crippen LogP contribution >= 0.6 is 0 Å². The summed E-state index contributed by atoms with van der Waals surface area (Å²) in [6.07, 6.45) is 1.05. The van der Waals surface area contributed by atoms with Gasteiger partial charge in [0.2, 0.25) is 0 Å². The first-order valence-corrected chi connectivity index (χ1v) is 9.36. The molecule has 0 saturated carbocycles. The van der Waals surface area contributed by atoms with Crippen LogP contribution < -0.4 is 15.4 Å². The van der Waals surface area contributed by atoms with Crippen molar-refractivity contribution in [1.29, 1.82) is 0 Å². The van der Waals surface area contributed by atoms with Crippen LogP contribution in [0.15, 0.2) is 42.6 Å². The molecule has 4 rings (SSSR count). The molecule has 2 aromatic carbocycles. The summed E-state index contributed by atoms with van der Waals surface area (Å²) >= 11 is 0. The van der Waals surface area contributed by atoms with Gasteiger partial charge in [-0.15, -0.1) is 0 Å². The molecule has 1 amide bonds. The lowest BCUT2D eigenvalue weighted by Gasteiger charge is -2.12. The van der Waals surface area contributed by atoms with Gasteiger partial charge in [-0.2, -0.15) is 0 Å². The monoisotopic (exact) mass is 393 g/mol. The Morgan fingerprint density at radius 1 is 1.24 bits per heavy atom. The molecule has 0 aliphatic carbocycles. The van der Waals surface area contributed by atoms with Crippen molar-refractivity contribution < 1.29 is 19.7 Å². The molecule has 1 unspecified atom stereocenters. The Morgan fingerprint density at radius 2 is 2.07 bits per heavy atom. The smallest absolute Gasteiger partial charge is 0.256 e. The molecule has 1 atom stereocenters. The number of nitrogens with one attached hydrogen (secondary N) is 3. The van der Waals surface area contributed by atoms with Crippen molar-refractivity contribution in [3.8, 4) is 5.75 Å². The zero-order valence-electron chi connectivity index (χ0n) is 16.2. The summed E-state index contributed by atoms with van der Waals surface area (Å²) in [6, 6.07) is 11.3. The van der Waals surface area contributed by atoms with E-state index in [1.807, 2.05) is 49.5 Å². The number of carbonyl (C=O) groups excluding carboxylic acids is 1. The zero-order valence-corrected chi connectivity index (χ0v) is 16.2. The van der Waals surface area contributed by atoms with Gasteiger partial charge in [-0.3, -0.25) is 4.79 Å². The third kappa shape index (κ3) is 3.46. The van der Waals surface area contributed by atoms with Gasteiger partial charge >= 0.3 is 0 Å². The van der Waals surface area contributed by atoms with Crippen LogP contribution in [0.5, 0.6) is 5.75 Å². The fourth-order valence-corrected chi connectivity index (χ4v) is 3.62. The lowest BCUT2D eigenvalue weighted by atomic mass is 9.96. The number of fused-ring (bicyclic) bond motifs is 2. The first-order valence-electron chi connectivity index (χ1n) is 9.36. The van der Waals surface area contributed by atoms with Crippen molar-refractivity contribution in [2.75, 3.05) is 30.9 Å². The third-order valence-corrected chi connectivity index (χ3v) is 5.18. The van der Waals surface area contributed by atoms with Crippen LogP contribution in [0.3, 0.4) is 0 Å². The number of ether oxygens (including phenoxy) is 1. The van der Waals surface area contributed by atoms with Gasteiger partial charge in [-0.1, -0.05) is 0 Å². The van der Waals surface area contributed by atoms with Gasteiger partial charge < -0.3 is 30.6 Å². The van der Waals surface area contributed by atoms with E-state index in [9.17, 15) is 9.90 Å². The number of hydrogen-bond donors (Lipinski definition) is 5. The molecule has 150 valence electrons. The number of methoxy groups -OCH3 is 1. The SMILES string of the molecule is COc1ccc2[nH]cc(C(C)=C3C(=O)Nc4ccc(NCC(O)CO)cc43)c2c1. The zero-order chi connectivity index (χ0) is 20.5. The summed E-state index contributed by atoms with van der Waals surface area (Å²) in [4.78, 5) is 16.0. The van der Waals surface area contributed by atoms with Crippen LogP contribution in [0, 0.1) is 0 Å². The van der Waals surface area contributed by atoms with Crippen LogP contribution in [0.25, 0.3) is 22.0 Å². The van der Waals surface area contributed by atoms with E-state index in [1.54, 1.807) is 7.11 Å². The molecule has 0 spiro atoms. The van der Waals surface area contributed by atoms with Gasteiger partial charge in [-0.05, 0) is 48.9 Å². The highest BCUT2D eigenvalue weighted by atomic mass is 16.5. The maximum absolute atomic E-state index is 12.8. The normalized spacial score (nSPS) is 15.8. The first kappa shape index (κ1) is 19.0. The largest absolute Gasteiger partial charge is 0.497 e. The van der Waals surface area contributed by atoms with Gasteiger partial charge in [0.15, 0.2) is 0 Å². The van der Waals surface area contributed by atoms with Crippen molar-refractivity contribution in [2.45, 2.75) is 13.0 Å². The van der Waals surface area contributed by atoms with Crippen LogP contribution in [0.4, 0.5) is 11.4 Å². The molecule has 29 heavy (non-hydrogen) atoms. The minimum Gasteiger partial charge on any atom is -0.497 e. The first-order chi connectivity index (χ1) is 14.0. The van der Waals surface area contributed by atoms with Crippen LogP contribution in [0.2, 0.25) is 0 Å². The van der Waals surface area contributed by atoms with Crippen molar-refractivity contribution in [1.82, 2.24) is 4.98 Å². The Morgan fingerprint density at radius 3 is 2.83 bits per heavy atom. The molecule has 1 aromatic heterocycles. The average Bonchev–Trinajstić information content (AvgIpc) is 3.30. The van der Waals surface area contributed by atoms with Crippen LogP contribution in [-0.4, -0.2) is 47.5 Å². The number of amides is 1. The third-order valence-electron chi connectivity index (χ3n) is 5.18. The van der Waals surface area contributed by atoms with Gasteiger partial charge in [0.1, 0.15) is 5.75 Å². The molecule has 5 N–H and O–H groups in total. The molecule has 7 heteroatoms. The van der Waals surface area contributed by atoms with Crippen molar-refractivity contribution in [3.63, 3.8) is 0 Å². The summed E-state index contributed by atoms with van der Waals surface area (Å²) in [5.74, 6) is 0.601. The van der Waals surface area contributed by atoms with Crippen molar-refractivity contribution >= 4 is 39.3 Å². The highest BCUT2D eigenvalue weighted by Gasteiger charge is 2.27. The number of aromatic amines is 1. The van der Waals surface area contributed by atoms with E-state index >= 15 is 0 Å². The number of anilines is 2. The molecular formula is C22H23N3O4.